The lowest BCUT2D eigenvalue weighted by Gasteiger charge is -1.87. The van der Waals surface area contributed by atoms with Crippen molar-refractivity contribution < 1.29 is 4.42 Å². The van der Waals surface area contributed by atoms with Crippen LogP contribution in [0.4, 0.5) is 0 Å². The lowest BCUT2D eigenvalue weighted by atomic mass is 10.3. The molecule has 2 rings (SSSR count). The minimum absolute atomic E-state index is 0.0463. The molecule has 0 N–H and O–H groups in total. The van der Waals surface area contributed by atoms with Gasteiger partial charge in [0.1, 0.15) is 12.5 Å². The molecule has 0 amide bonds. The number of hydrogen-bond donors (Lipinski definition) is 0. The van der Waals surface area contributed by atoms with Crippen LogP contribution in [0.2, 0.25) is 0 Å². The van der Waals surface area contributed by atoms with Crippen molar-refractivity contribution in [3.8, 4) is 0 Å². The summed E-state index contributed by atoms with van der Waals surface area (Å²) in [4.78, 5) is 12.2. The predicted octanol–water partition coefficient (Wildman–Crippen LogP) is 4.22. The highest BCUT2D eigenvalue weighted by Gasteiger charge is 2.00. The Kier molecular flexibility index (Phi) is 6.71. The average Bonchev–Trinajstić information content (AvgIpc) is 2.72. The van der Waals surface area contributed by atoms with Crippen LogP contribution in [0.5, 0.6) is 0 Å². The van der Waals surface area contributed by atoms with Gasteiger partial charge in [0.25, 0.3) is 0 Å². The SMILES string of the molecule is CC.CC.Cc1cc(=O)c2cocc2s1. The van der Waals surface area contributed by atoms with Gasteiger partial charge in [0.05, 0.1) is 10.1 Å². The lowest BCUT2D eigenvalue weighted by Crippen LogP contribution is -1.95. The summed E-state index contributed by atoms with van der Waals surface area (Å²) in [6, 6.07) is 1.63. The molecule has 2 aromatic heterocycles. The highest BCUT2D eigenvalue weighted by atomic mass is 32.1. The van der Waals surface area contributed by atoms with Crippen LogP contribution in [0.1, 0.15) is 32.6 Å². The predicted molar refractivity (Wildman–Crippen MR) is 67.8 cm³/mol. The zero-order chi connectivity index (χ0) is 11.8. The minimum Gasteiger partial charge on any atom is -0.470 e. The first-order chi connectivity index (χ1) is 7.27. The standard InChI is InChI=1S/C8H6O2S.2C2H6/c1-5-2-7(9)6-3-10-4-8(6)11-5;2*1-2/h2-4H,1H3;2*1-2H3. The van der Waals surface area contributed by atoms with Crippen molar-refractivity contribution in [3.63, 3.8) is 0 Å². The highest BCUT2D eigenvalue weighted by Crippen LogP contribution is 2.18. The maximum Gasteiger partial charge on any atom is 0.191 e. The summed E-state index contributed by atoms with van der Waals surface area (Å²) in [5, 5.41) is 0.681. The van der Waals surface area contributed by atoms with Gasteiger partial charge < -0.3 is 4.42 Å². The zero-order valence-electron chi connectivity index (χ0n) is 9.96. The Bertz CT molecular complexity index is 440. The van der Waals surface area contributed by atoms with E-state index < -0.39 is 0 Å². The fourth-order valence-corrected chi connectivity index (χ4v) is 1.88. The van der Waals surface area contributed by atoms with E-state index in [0.29, 0.717) is 5.39 Å². The third kappa shape index (κ3) is 3.51. The third-order valence-electron chi connectivity index (χ3n) is 1.50. The number of furan rings is 1. The molecular weight excluding hydrogens is 208 g/mol. The van der Waals surface area contributed by atoms with Gasteiger partial charge in [-0.2, -0.15) is 0 Å². The van der Waals surface area contributed by atoms with Gasteiger partial charge >= 0.3 is 0 Å². The molecule has 0 saturated heterocycles. The van der Waals surface area contributed by atoms with Gasteiger partial charge in [0.15, 0.2) is 5.43 Å². The van der Waals surface area contributed by atoms with Crippen LogP contribution in [0.25, 0.3) is 10.1 Å². The second kappa shape index (κ2) is 7.23. The molecule has 2 nitrogen and oxygen atoms in total. The van der Waals surface area contributed by atoms with Crippen molar-refractivity contribution in [1.29, 1.82) is 0 Å². The van der Waals surface area contributed by atoms with Gasteiger partial charge in [-0.3, -0.25) is 4.79 Å². The fraction of sp³-hybridized carbons (Fsp3) is 0.417. The smallest absolute Gasteiger partial charge is 0.191 e. The first-order valence-corrected chi connectivity index (χ1v) is 6.05. The monoisotopic (exact) mass is 226 g/mol. The summed E-state index contributed by atoms with van der Waals surface area (Å²) in [5.74, 6) is 0. The van der Waals surface area contributed by atoms with Crippen LogP contribution in [0.15, 0.2) is 27.8 Å². The van der Waals surface area contributed by atoms with Gasteiger partial charge in [0, 0.05) is 4.88 Å². The van der Waals surface area contributed by atoms with Crippen molar-refractivity contribution in [1.82, 2.24) is 0 Å². The molecular formula is C12H18O2S. The second-order valence-corrected chi connectivity index (χ2v) is 3.66. The molecule has 0 fully saturated rings. The van der Waals surface area contributed by atoms with E-state index in [1.54, 1.807) is 23.7 Å². The van der Waals surface area contributed by atoms with Crippen LogP contribution in [0, 0.1) is 6.92 Å². The van der Waals surface area contributed by atoms with Crippen molar-refractivity contribution in [2.75, 3.05) is 0 Å². The van der Waals surface area contributed by atoms with Crippen LogP contribution >= 0.6 is 11.3 Å². The largest absolute Gasteiger partial charge is 0.470 e. The van der Waals surface area contributed by atoms with Gasteiger partial charge in [-0.15, -0.1) is 11.3 Å². The summed E-state index contributed by atoms with van der Waals surface area (Å²) < 4.78 is 5.84. The van der Waals surface area contributed by atoms with Crippen molar-refractivity contribution >= 4 is 21.4 Å². The molecule has 0 aliphatic rings. The Morgan fingerprint density at radius 1 is 1.13 bits per heavy atom. The average molecular weight is 226 g/mol. The molecule has 0 bridgehead atoms. The Labute approximate surface area is 94.6 Å². The quantitative estimate of drug-likeness (QED) is 0.673. The molecule has 0 aromatic carbocycles. The Balaban J connectivity index is 0.000000442. The maximum absolute atomic E-state index is 11.2. The number of hydrogen-bond acceptors (Lipinski definition) is 3. The van der Waals surface area contributed by atoms with E-state index in [1.165, 1.54) is 6.26 Å². The van der Waals surface area contributed by atoms with Crippen molar-refractivity contribution in [2.45, 2.75) is 34.6 Å². The summed E-state index contributed by atoms with van der Waals surface area (Å²) in [7, 11) is 0. The van der Waals surface area contributed by atoms with Gasteiger partial charge in [-0.1, -0.05) is 27.7 Å². The van der Waals surface area contributed by atoms with E-state index in [4.69, 9.17) is 4.42 Å². The van der Waals surface area contributed by atoms with Crippen LogP contribution < -0.4 is 5.43 Å². The van der Waals surface area contributed by atoms with Crippen LogP contribution in [-0.4, -0.2) is 0 Å². The number of fused-ring (bicyclic) bond motifs is 1. The molecule has 0 unspecified atom stereocenters. The molecule has 0 aliphatic heterocycles. The van der Waals surface area contributed by atoms with Crippen LogP contribution in [-0.2, 0) is 0 Å². The van der Waals surface area contributed by atoms with Crippen LogP contribution in [0.3, 0.4) is 0 Å². The topological polar surface area (TPSA) is 30.2 Å². The minimum atomic E-state index is 0.0463. The fourth-order valence-electron chi connectivity index (χ4n) is 1.01. The Morgan fingerprint density at radius 3 is 2.33 bits per heavy atom. The van der Waals surface area contributed by atoms with Crippen molar-refractivity contribution in [3.05, 3.63) is 33.7 Å². The van der Waals surface area contributed by atoms with Gasteiger partial charge in [0.2, 0.25) is 0 Å². The summed E-state index contributed by atoms with van der Waals surface area (Å²) in [6.45, 7) is 9.92. The molecule has 0 radical (unpaired) electrons. The van der Waals surface area contributed by atoms with Crippen molar-refractivity contribution in [2.24, 2.45) is 0 Å². The summed E-state index contributed by atoms with van der Waals surface area (Å²) in [6.07, 6.45) is 3.10. The normalized spacial score (nSPS) is 8.60. The number of aryl methyl sites for hydroxylation is 1. The van der Waals surface area contributed by atoms with E-state index in [9.17, 15) is 4.79 Å². The summed E-state index contributed by atoms with van der Waals surface area (Å²) in [5.41, 5.74) is 0.0463. The van der Waals surface area contributed by atoms with E-state index in [2.05, 4.69) is 0 Å². The lowest BCUT2D eigenvalue weighted by molar-refractivity contribution is 0.572. The first-order valence-electron chi connectivity index (χ1n) is 5.24. The van der Waals surface area contributed by atoms with E-state index in [0.717, 1.165) is 9.58 Å². The zero-order valence-corrected chi connectivity index (χ0v) is 10.8. The Morgan fingerprint density at radius 2 is 1.73 bits per heavy atom. The van der Waals surface area contributed by atoms with E-state index in [1.807, 2.05) is 34.6 Å². The second-order valence-electron chi connectivity index (χ2n) is 2.37. The molecule has 0 saturated carbocycles. The molecule has 0 spiro atoms. The maximum atomic E-state index is 11.2. The van der Waals surface area contributed by atoms with Gasteiger partial charge in [-0.25, -0.2) is 0 Å². The molecule has 3 heteroatoms. The molecule has 84 valence electrons. The summed E-state index contributed by atoms with van der Waals surface area (Å²) >= 11 is 1.57. The number of rotatable bonds is 0. The molecule has 2 aromatic rings. The molecule has 0 aliphatic carbocycles. The highest BCUT2D eigenvalue weighted by molar-refractivity contribution is 7.18. The van der Waals surface area contributed by atoms with E-state index in [-0.39, 0.29) is 5.43 Å². The first kappa shape index (κ1) is 13.9. The molecule has 15 heavy (non-hydrogen) atoms. The van der Waals surface area contributed by atoms with Gasteiger partial charge in [-0.05, 0) is 13.0 Å². The third-order valence-corrected chi connectivity index (χ3v) is 2.47. The Hall–Kier alpha value is -1.09. The molecule has 2 heterocycles. The van der Waals surface area contributed by atoms with E-state index >= 15 is 0 Å². The molecule has 0 atom stereocenters.